The van der Waals surface area contributed by atoms with Gasteiger partial charge < -0.3 is 23.8 Å². The van der Waals surface area contributed by atoms with Crippen molar-refractivity contribution in [2.24, 2.45) is 0 Å². The number of benzene rings is 2. The summed E-state index contributed by atoms with van der Waals surface area (Å²) in [7, 11) is 1.39. The normalized spacial score (nSPS) is 21.6. The Morgan fingerprint density at radius 2 is 1.79 bits per heavy atom. The number of fused-ring (bicyclic) bond motifs is 7. The first-order valence-corrected chi connectivity index (χ1v) is 16.5. The van der Waals surface area contributed by atoms with Crippen LogP contribution in [0.15, 0.2) is 66.7 Å². The summed E-state index contributed by atoms with van der Waals surface area (Å²) in [4.78, 5) is 20.7. The van der Waals surface area contributed by atoms with E-state index in [1.54, 1.807) is 0 Å². The molecule has 2 aromatic heterocycles. The third-order valence-electron chi connectivity index (χ3n) is 8.92. The van der Waals surface area contributed by atoms with Crippen molar-refractivity contribution in [3.05, 3.63) is 78.0 Å². The first-order chi connectivity index (χ1) is 22.4. The van der Waals surface area contributed by atoms with Gasteiger partial charge in [-0.05, 0) is 72.1 Å². The van der Waals surface area contributed by atoms with Crippen LogP contribution in [0.2, 0.25) is 0 Å². The van der Waals surface area contributed by atoms with Gasteiger partial charge in [0.25, 0.3) is 0 Å². The van der Waals surface area contributed by atoms with Gasteiger partial charge in [-0.1, -0.05) is 48.6 Å². The summed E-state index contributed by atoms with van der Waals surface area (Å²) in [5.74, 6) is 1.15. The highest BCUT2D eigenvalue weighted by molar-refractivity contribution is 5.81. The van der Waals surface area contributed by atoms with E-state index in [9.17, 15) is 4.79 Å². The molecule has 7 rings (SSSR count). The lowest BCUT2D eigenvalue weighted by Crippen LogP contribution is -2.45. The van der Waals surface area contributed by atoms with Crippen molar-refractivity contribution < 1.29 is 23.7 Å². The zero-order valence-electron chi connectivity index (χ0n) is 28.6. The first-order valence-electron chi connectivity index (χ1n) is 16.5. The minimum Gasteiger partial charge on any atom is -0.490 e. The van der Waals surface area contributed by atoms with Crippen molar-refractivity contribution in [3.8, 4) is 28.1 Å². The summed E-state index contributed by atoms with van der Waals surface area (Å²) in [6, 6.07) is 18.5. The van der Waals surface area contributed by atoms with Crippen molar-refractivity contribution in [2.45, 2.75) is 84.2 Å². The van der Waals surface area contributed by atoms with Crippen LogP contribution >= 0.6 is 0 Å². The number of para-hydroxylation sites is 1. The maximum atomic E-state index is 13.4. The van der Waals surface area contributed by atoms with E-state index in [4.69, 9.17) is 29.0 Å². The smallest absolute Gasteiger partial charge is 0.339 e. The Morgan fingerprint density at radius 3 is 2.53 bits per heavy atom. The zero-order valence-corrected chi connectivity index (χ0v) is 28.6. The number of carbonyl (C=O) groups excluding carboxylic acids is 1. The highest BCUT2D eigenvalue weighted by Gasteiger charge is 2.38. The third-order valence-corrected chi connectivity index (χ3v) is 8.92. The number of aromatic nitrogens is 3. The summed E-state index contributed by atoms with van der Waals surface area (Å²) < 4.78 is 26.5. The minimum absolute atomic E-state index is 0.00328. The third kappa shape index (κ3) is 7.06. The number of piperidine rings is 1. The molecule has 9 heteroatoms. The van der Waals surface area contributed by atoms with Gasteiger partial charge in [-0.25, -0.2) is 9.78 Å². The summed E-state index contributed by atoms with van der Waals surface area (Å²) in [5.41, 5.74) is 4.93. The number of aryl methyl sites for hydroxylation is 1. The number of anilines is 1. The van der Waals surface area contributed by atoms with Crippen LogP contribution in [0, 0.1) is 6.92 Å². The summed E-state index contributed by atoms with van der Waals surface area (Å²) in [6.07, 6.45) is 5.63. The van der Waals surface area contributed by atoms with Gasteiger partial charge in [-0.2, -0.15) is 9.61 Å². The molecule has 248 valence electrons. The topological polar surface area (TPSA) is 87.4 Å². The molecule has 1 saturated heterocycles. The van der Waals surface area contributed by atoms with E-state index < -0.39 is 17.7 Å². The minimum atomic E-state index is -0.984. The average Bonchev–Trinajstić information content (AvgIpc) is 3.46. The van der Waals surface area contributed by atoms with Crippen LogP contribution in [-0.2, 0) is 19.0 Å². The summed E-state index contributed by atoms with van der Waals surface area (Å²) >= 11 is 0. The van der Waals surface area contributed by atoms with Crippen molar-refractivity contribution >= 4 is 17.4 Å². The molecule has 0 unspecified atom stereocenters. The molecule has 0 N–H and O–H groups in total. The van der Waals surface area contributed by atoms with Crippen LogP contribution in [0.25, 0.3) is 28.0 Å². The van der Waals surface area contributed by atoms with Gasteiger partial charge in [0, 0.05) is 42.4 Å². The van der Waals surface area contributed by atoms with Crippen LogP contribution in [0.5, 0.6) is 5.75 Å². The second-order valence-electron chi connectivity index (χ2n) is 13.8. The molecule has 3 aliphatic rings. The number of nitrogens with zero attached hydrogens (tertiary/aromatic N) is 4. The monoisotopic (exact) mass is 638 g/mol. The first kappa shape index (κ1) is 32.7. The van der Waals surface area contributed by atoms with Crippen LogP contribution < -0.4 is 9.64 Å². The standard InChI is InChI=1S/C38H46N4O5/c1-25-13-10-11-22-45-38(6)18-20-41(21-19-38)35-33(34(36(43)44-7)47-37(3,4)5)26(2)39-32-24-30(40-42(32)35)28-15-12-14-27(23-28)29-16-8-9-17-31(29)46-25/h8-12,14-17,23-25,34H,13,18-22H2,1-7H3/b11-10-/t25-,34-/m0/s1. The van der Waals surface area contributed by atoms with E-state index in [1.165, 1.54) is 7.11 Å². The van der Waals surface area contributed by atoms with Gasteiger partial charge in [0.05, 0.1) is 42.3 Å². The van der Waals surface area contributed by atoms with Crippen molar-refractivity contribution in [1.82, 2.24) is 14.6 Å². The van der Waals surface area contributed by atoms with E-state index in [-0.39, 0.29) is 11.7 Å². The van der Waals surface area contributed by atoms with E-state index in [0.29, 0.717) is 36.6 Å². The predicted octanol–water partition coefficient (Wildman–Crippen LogP) is 7.50. The van der Waals surface area contributed by atoms with Crippen LogP contribution in [0.1, 0.15) is 71.2 Å². The van der Waals surface area contributed by atoms with Crippen LogP contribution in [-0.4, -0.2) is 64.7 Å². The van der Waals surface area contributed by atoms with Gasteiger partial charge in [-0.15, -0.1) is 0 Å². The molecular weight excluding hydrogens is 592 g/mol. The predicted molar refractivity (Wildman–Crippen MR) is 184 cm³/mol. The summed E-state index contributed by atoms with van der Waals surface area (Å²) in [6.45, 7) is 14.0. The number of rotatable bonds is 3. The number of esters is 1. The fourth-order valence-electron chi connectivity index (χ4n) is 6.41. The van der Waals surface area contributed by atoms with Gasteiger partial charge in [0.2, 0.25) is 0 Å². The molecule has 0 radical (unpaired) electrons. The van der Waals surface area contributed by atoms with Crippen molar-refractivity contribution in [2.75, 3.05) is 31.7 Å². The Kier molecular flexibility index (Phi) is 9.14. The second-order valence-corrected chi connectivity index (χ2v) is 13.8. The Balaban J connectivity index is 1.54. The lowest BCUT2D eigenvalue weighted by atomic mass is 9.92. The molecule has 1 fully saturated rings. The van der Waals surface area contributed by atoms with E-state index in [2.05, 4.69) is 55.2 Å². The van der Waals surface area contributed by atoms with Gasteiger partial charge in [0.15, 0.2) is 11.8 Å². The van der Waals surface area contributed by atoms with Gasteiger partial charge >= 0.3 is 5.97 Å². The lowest BCUT2D eigenvalue weighted by Gasteiger charge is -2.41. The van der Waals surface area contributed by atoms with E-state index in [1.807, 2.05) is 62.5 Å². The summed E-state index contributed by atoms with van der Waals surface area (Å²) in [5, 5.41) is 5.16. The molecule has 0 amide bonds. The lowest BCUT2D eigenvalue weighted by molar-refractivity contribution is -0.164. The Morgan fingerprint density at radius 1 is 1.04 bits per heavy atom. The highest BCUT2D eigenvalue weighted by Crippen LogP contribution is 2.39. The molecular formula is C38H46N4O5. The number of ether oxygens (including phenoxy) is 4. The maximum Gasteiger partial charge on any atom is 0.339 e. The average molecular weight is 639 g/mol. The van der Waals surface area contributed by atoms with E-state index >= 15 is 0 Å². The molecule has 2 aromatic carbocycles. The Hall–Kier alpha value is -4.21. The highest BCUT2D eigenvalue weighted by atomic mass is 16.6. The molecule has 0 saturated carbocycles. The largest absolute Gasteiger partial charge is 0.490 e. The molecule has 3 aliphatic heterocycles. The number of methoxy groups -OCH3 is 1. The van der Waals surface area contributed by atoms with Crippen molar-refractivity contribution in [1.29, 1.82) is 0 Å². The Labute approximate surface area is 277 Å². The van der Waals surface area contributed by atoms with Gasteiger partial charge in [-0.3, -0.25) is 0 Å². The molecule has 5 heterocycles. The fraction of sp³-hybridized carbons (Fsp3) is 0.447. The molecule has 4 aromatic rings. The second kappa shape index (κ2) is 13.1. The van der Waals surface area contributed by atoms with Gasteiger partial charge in [0.1, 0.15) is 11.6 Å². The number of carbonyl (C=O) groups is 1. The molecule has 47 heavy (non-hydrogen) atoms. The van der Waals surface area contributed by atoms with Crippen LogP contribution in [0.3, 0.4) is 0 Å². The van der Waals surface area contributed by atoms with E-state index in [0.717, 1.165) is 53.2 Å². The molecule has 2 atom stereocenters. The molecule has 0 spiro atoms. The van der Waals surface area contributed by atoms with Crippen LogP contribution in [0.4, 0.5) is 5.82 Å². The molecule has 6 bridgehead atoms. The SMILES string of the molecule is COC(=O)[C@@H](OC(C)(C)C)c1c(C)nc2cc3nn2c1N1CCC(C)(CC1)OC/C=C\C[C@H](C)Oc1ccccc1-c1cccc-3c1. The zero-order chi connectivity index (χ0) is 33.3. The Bertz CT molecular complexity index is 1780. The number of hydrogen-bond acceptors (Lipinski definition) is 8. The maximum absolute atomic E-state index is 13.4. The number of hydrogen-bond donors (Lipinski definition) is 0. The quantitative estimate of drug-likeness (QED) is 0.168. The fourth-order valence-corrected chi connectivity index (χ4v) is 6.41. The molecule has 0 aliphatic carbocycles. The molecule has 9 nitrogen and oxygen atoms in total. The van der Waals surface area contributed by atoms with Crippen molar-refractivity contribution in [3.63, 3.8) is 0 Å².